The van der Waals surface area contributed by atoms with Crippen molar-refractivity contribution in [2.24, 2.45) is 0 Å². The Morgan fingerprint density at radius 1 is 0.853 bits per heavy atom. The maximum Gasteiger partial charge on any atom is 0.416 e. The molecule has 178 valence electrons. The van der Waals surface area contributed by atoms with Gasteiger partial charge in [0.25, 0.3) is 0 Å². The summed E-state index contributed by atoms with van der Waals surface area (Å²) in [7, 11) is -3.79. The van der Waals surface area contributed by atoms with E-state index in [1.165, 1.54) is 12.1 Å². The van der Waals surface area contributed by atoms with Crippen LogP contribution in [0.15, 0.2) is 78.9 Å². The van der Waals surface area contributed by atoms with Gasteiger partial charge in [0.05, 0.1) is 24.5 Å². The van der Waals surface area contributed by atoms with Gasteiger partial charge in [-0.1, -0.05) is 54.6 Å². The van der Waals surface area contributed by atoms with E-state index in [1.54, 1.807) is 18.7 Å². The fraction of sp³-hybridized carbons (Fsp3) is 0.231. The van der Waals surface area contributed by atoms with Gasteiger partial charge in [-0.05, 0) is 60.9 Å². The monoisotopic (exact) mass is 487 g/mol. The molecule has 34 heavy (non-hydrogen) atoms. The molecule has 0 N–H and O–H groups in total. The van der Waals surface area contributed by atoms with E-state index in [-0.39, 0.29) is 13.2 Å². The highest BCUT2D eigenvalue weighted by Gasteiger charge is 2.45. The van der Waals surface area contributed by atoms with E-state index in [1.807, 2.05) is 60.7 Å². The normalized spacial score (nSPS) is 16.2. The number of benzene rings is 3. The first-order chi connectivity index (χ1) is 16.3. The van der Waals surface area contributed by atoms with Crippen LogP contribution in [-0.2, 0) is 19.8 Å². The first kappa shape index (κ1) is 24.3. The van der Waals surface area contributed by atoms with E-state index < -0.39 is 25.1 Å². The summed E-state index contributed by atoms with van der Waals surface area (Å²) in [4.78, 5) is 1.77. The summed E-state index contributed by atoms with van der Waals surface area (Å²) >= 11 is 0. The van der Waals surface area contributed by atoms with Gasteiger partial charge in [0.15, 0.2) is 5.78 Å². The number of nitrogens with zero attached hydrogens (tertiary/aromatic N) is 1. The zero-order chi connectivity index (χ0) is 24.3. The van der Waals surface area contributed by atoms with Crippen molar-refractivity contribution in [1.82, 2.24) is 0 Å². The maximum atomic E-state index is 14.2. The minimum Gasteiger partial charge on any atom is -0.322 e. The van der Waals surface area contributed by atoms with Gasteiger partial charge in [-0.2, -0.15) is 13.2 Å². The molecule has 0 amide bonds. The molecule has 0 fully saturated rings. The predicted octanol–water partition coefficient (Wildman–Crippen LogP) is 7.99. The summed E-state index contributed by atoms with van der Waals surface area (Å²) in [5, 5.41) is 0. The molecule has 1 atom stereocenters. The first-order valence-corrected chi connectivity index (χ1v) is 12.6. The van der Waals surface area contributed by atoms with E-state index in [0.29, 0.717) is 16.9 Å². The second-order valence-corrected chi connectivity index (χ2v) is 9.77. The minimum absolute atomic E-state index is 0.154. The Morgan fingerprint density at radius 3 is 2.03 bits per heavy atom. The topological polar surface area (TPSA) is 38.8 Å². The smallest absolute Gasteiger partial charge is 0.322 e. The third-order valence-corrected chi connectivity index (χ3v) is 7.87. The van der Waals surface area contributed by atoms with E-state index in [2.05, 4.69) is 0 Å². The lowest BCUT2D eigenvalue weighted by Crippen LogP contribution is -2.31. The van der Waals surface area contributed by atoms with E-state index in [9.17, 15) is 17.7 Å². The second-order valence-electron chi connectivity index (χ2n) is 7.69. The van der Waals surface area contributed by atoms with Crippen molar-refractivity contribution >= 4 is 25.1 Å². The molecule has 0 bridgehead atoms. The van der Waals surface area contributed by atoms with Crippen LogP contribution in [0.25, 0.3) is 11.8 Å². The Kier molecular flexibility index (Phi) is 6.99. The summed E-state index contributed by atoms with van der Waals surface area (Å²) in [6.07, 6.45) is -2.52. The average Bonchev–Trinajstić information content (AvgIpc) is 2.83. The van der Waals surface area contributed by atoms with Gasteiger partial charge in [-0.25, -0.2) is 0 Å². The van der Waals surface area contributed by atoms with Gasteiger partial charge in [0.1, 0.15) is 0 Å². The van der Waals surface area contributed by atoms with Crippen molar-refractivity contribution in [1.29, 1.82) is 0 Å². The highest BCUT2D eigenvalue weighted by atomic mass is 31.2. The second kappa shape index (κ2) is 9.79. The third kappa shape index (κ3) is 4.69. The molecule has 1 aliphatic rings. The Hall–Kier alpha value is -2.86. The molecular weight excluding hydrogens is 462 g/mol. The zero-order valence-corrected chi connectivity index (χ0v) is 19.7. The highest BCUT2D eigenvalue weighted by Crippen LogP contribution is 2.66. The fourth-order valence-electron chi connectivity index (χ4n) is 4.14. The molecule has 0 saturated carbocycles. The van der Waals surface area contributed by atoms with Gasteiger partial charge in [-0.3, -0.25) is 4.57 Å². The maximum absolute atomic E-state index is 14.2. The third-order valence-electron chi connectivity index (χ3n) is 5.53. The summed E-state index contributed by atoms with van der Waals surface area (Å²) in [5.41, 5.74) is 2.75. The Balaban J connectivity index is 1.98. The van der Waals surface area contributed by atoms with Crippen LogP contribution in [0.5, 0.6) is 0 Å². The lowest BCUT2D eigenvalue weighted by atomic mass is 9.97. The van der Waals surface area contributed by atoms with Gasteiger partial charge in [0.2, 0.25) is 0 Å². The lowest BCUT2D eigenvalue weighted by Gasteiger charge is -2.42. The molecule has 1 aliphatic heterocycles. The quantitative estimate of drug-likeness (QED) is 0.317. The lowest BCUT2D eigenvalue weighted by molar-refractivity contribution is -0.137. The van der Waals surface area contributed by atoms with Crippen LogP contribution in [0.4, 0.5) is 18.9 Å². The molecule has 0 radical (unpaired) electrons. The minimum atomic E-state index is -4.46. The largest absolute Gasteiger partial charge is 0.416 e. The molecule has 0 spiro atoms. The van der Waals surface area contributed by atoms with Gasteiger partial charge in [-0.15, -0.1) is 0 Å². The number of fused-ring (bicyclic) bond motifs is 1. The first-order valence-electron chi connectivity index (χ1n) is 11.0. The summed E-state index contributed by atoms with van der Waals surface area (Å²) in [6.45, 7) is 3.77. The van der Waals surface area contributed by atoms with E-state index in [4.69, 9.17) is 9.05 Å². The van der Waals surface area contributed by atoms with Crippen molar-refractivity contribution in [2.75, 3.05) is 18.1 Å². The SMILES string of the molecule is CCOP(=O)(OCC)C1c2ccccc2C=C(c2ccccc2)N1c1ccc(C(F)(F)F)cc1. The van der Waals surface area contributed by atoms with Crippen LogP contribution in [0.3, 0.4) is 0 Å². The summed E-state index contributed by atoms with van der Waals surface area (Å²) in [6, 6.07) is 21.8. The Bertz CT molecular complexity index is 1200. The molecule has 0 saturated heterocycles. The standard InChI is InChI=1S/C26H25F3NO3P/c1-3-32-34(31,33-4-2)25-23-13-9-8-12-20(23)18-24(19-10-6-5-7-11-19)30(25)22-16-14-21(15-17-22)26(27,28)29/h5-18,25H,3-4H2,1-2H3. The van der Waals surface area contributed by atoms with Crippen molar-refractivity contribution in [3.05, 3.63) is 101 Å². The molecule has 1 unspecified atom stereocenters. The zero-order valence-electron chi connectivity index (χ0n) is 18.8. The Morgan fingerprint density at radius 2 is 1.44 bits per heavy atom. The summed E-state index contributed by atoms with van der Waals surface area (Å²) in [5.74, 6) is -0.888. The number of hydrogen-bond donors (Lipinski definition) is 0. The van der Waals surface area contributed by atoms with E-state index >= 15 is 0 Å². The molecule has 3 aromatic carbocycles. The predicted molar refractivity (Wildman–Crippen MR) is 128 cm³/mol. The number of alkyl halides is 3. The van der Waals surface area contributed by atoms with Crippen LogP contribution >= 0.6 is 7.60 Å². The van der Waals surface area contributed by atoms with Crippen LogP contribution in [0.1, 0.15) is 41.9 Å². The molecule has 4 nitrogen and oxygen atoms in total. The van der Waals surface area contributed by atoms with Gasteiger partial charge >= 0.3 is 13.8 Å². The molecule has 0 aliphatic carbocycles. The fourth-order valence-corrected chi connectivity index (χ4v) is 6.33. The molecule has 8 heteroatoms. The number of hydrogen-bond acceptors (Lipinski definition) is 4. The Labute approximate surface area is 197 Å². The van der Waals surface area contributed by atoms with Crippen LogP contribution < -0.4 is 4.90 Å². The van der Waals surface area contributed by atoms with Crippen molar-refractivity contribution in [3.8, 4) is 0 Å². The van der Waals surface area contributed by atoms with Crippen LogP contribution in [0, 0.1) is 0 Å². The molecule has 3 aromatic rings. The number of halogens is 3. The number of rotatable bonds is 7. The molecular formula is C26H25F3NO3P. The molecule has 1 heterocycles. The van der Waals surface area contributed by atoms with Crippen LogP contribution in [0.2, 0.25) is 0 Å². The van der Waals surface area contributed by atoms with Crippen LogP contribution in [-0.4, -0.2) is 13.2 Å². The van der Waals surface area contributed by atoms with Gasteiger partial charge < -0.3 is 13.9 Å². The highest BCUT2D eigenvalue weighted by molar-refractivity contribution is 7.54. The van der Waals surface area contributed by atoms with Crippen molar-refractivity contribution < 1.29 is 26.8 Å². The average molecular weight is 487 g/mol. The van der Waals surface area contributed by atoms with Crippen molar-refractivity contribution in [3.63, 3.8) is 0 Å². The van der Waals surface area contributed by atoms with E-state index in [0.717, 1.165) is 23.3 Å². The van der Waals surface area contributed by atoms with Crippen molar-refractivity contribution in [2.45, 2.75) is 25.8 Å². The molecule has 4 rings (SSSR count). The summed E-state index contributed by atoms with van der Waals surface area (Å²) < 4.78 is 65.5. The molecule has 0 aromatic heterocycles. The number of anilines is 1. The van der Waals surface area contributed by atoms with Gasteiger partial charge in [0, 0.05) is 5.69 Å².